The lowest BCUT2D eigenvalue weighted by Gasteiger charge is -2.07. The van der Waals surface area contributed by atoms with Gasteiger partial charge in [0.25, 0.3) is 10.0 Å². The van der Waals surface area contributed by atoms with E-state index in [4.69, 9.17) is 10.2 Å². The number of hydrogen-bond donors (Lipinski definition) is 3. The normalized spacial score (nSPS) is 13.2. The lowest BCUT2D eigenvalue weighted by Crippen LogP contribution is -2.27. The van der Waals surface area contributed by atoms with Crippen molar-refractivity contribution in [3.05, 3.63) is 23.9 Å². The predicted octanol–water partition coefficient (Wildman–Crippen LogP) is -0.171. The smallest absolute Gasteiger partial charge is 0.337 e. The van der Waals surface area contributed by atoms with Crippen LogP contribution in [-0.4, -0.2) is 42.2 Å². The maximum Gasteiger partial charge on any atom is 0.337 e. The quantitative estimate of drug-likeness (QED) is 0.663. The first-order valence-corrected chi connectivity index (χ1v) is 6.68. The molecule has 0 amide bonds. The Labute approximate surface area is 105 Å². The zero-order valence-electron chi connectivity index (χ0n) is 9.70. The molecule has 0 bridgehead atoms. The number of nitrogens with one attached hydrogen (secondary N) is 1. The molecule has 3 N–H and O–H groups in total. The molecular weight excluding hydrogens is 260 g/mol. The van der Waals surface area contributed by atoms with E-state index in [1.807, 2.05) is 0 Å². The number of hydrogen-bond acceptors (Lipinski definition) is 5. The zero-order valence-corrected chi connectivity index (χ0v) is 10.5. The molecule has 7 nitrogen and oxygen atoms in total. The average Bonchev–Trinajstić information content (AvgIpc) is 2.28. The van der Waals surface area contributed by atoms with Crippen molar-refractivity contribution in [2.75, 3.05) is 6.54 Å². The number of aliphatic hydroxyl groups is 1. The predicted molar refractivity (Wildman–Crippen MR) is 62.7 cm³/mol. The van der Waals surface area contributed by atoms with Gasteiger partial charge in [0.2, 0.25) is 0 Å². The van der Waals surface area contributed by atoms with Gasteiger partial charge in [-0.15, -0.1) is 0 Å². The Morgan fingerprint density at radius 2 is 2.17 bits per heavy atom. The van der Waals surface area contributed by atoms with Crippen molar-refractivity contribution in [2.24, 2.45) is 0 Å². The van der Waals surface area contributed by atoms with E-state index in [1.54, 1.807) is 6.92 Å². The van der Waals surface area contributed by atoms with Gasteiger partial charge >= 0.3 is 5.97 Å². The Bertz CT molecular complexity index is 510. The summed E-state index contributed by atoms with van der Waals surface area (Å²) in [5.74, 6) is -1.17. The maximum atomic E-state index is 11.7. The summed E-state index contributed by atoms with van der Waals surface area (Å²) >= 11 is 0. The van der Waals surface area contributed by atoms with Crippen LogP contribution in [0, 0.1) is 0 Å². The number of sulfonamides is 1. The van der Waals surface area contributed by atoms with E-state index in [0.29, 0.717) is 0 Å². The van der Waals surface area contributed by atoms with Crippen LogP contribution >= 0.6 is 0 Å². The van der Waals surface area contributed by atoms with E-state index in [0.717, 1.165) is 12.3 Å². The summed E-state index contributed by atoms with van der Waals surface area (Å²) in [6.07, 6.45) is 0.660. The molecule has 0 aromatic carbocycles. The Morgan fingerprint density at radius 3 is 2.61 bits per heavy atom. The van der Waals surface area contributed by atoms with E-state index in [9.17, 15) is 13.2 Å². The molecular formula is C10H14N2O5S. The highest BCUT2D eigenvalue weighted by Gasteiger charge is 2.16. The Morgan fingerprint density at radius 1 is 1.50 bits per heavy atom. The van der Waals surface area contributed by atoms with Gasteiger partial charge in [-0.25, -0.2) is 22.9 Å². The van der Waals surface area contributed by atoms with Gasteiger partial charge < -0.3 is 10.2 Å². The first-order chi connectivity index (χ1) is 8.33. The van der Waals surface area contributed by atoms with Gasteiger partial charge in [0, 0.05) is 12.7 Å². The molecule has 1 aromatic heterocycles. The summed E-state index contributed by atoms with van der Waals surface area (Å²) in [5.41, 5.74) is -0.0852. The Balaban J connectivity index is 2.76. The molecule has 0 radical (unpaired) electrons. The maximum absolute atomic E-state index is 11.7. The van der Waals surface area contributed by atoms with Gasteiger partial charge in [0.05, 0.1) is 11.7 Å². The van der Waals surface area contributed by atoms with Crippen molar-refractivity contribution in [1.29, 1.82) is 0 Å². The molecule has 1 rings (SSSR count). The second kappa shape index (κ2) is 5.89. The third-order valence-corrected chi connectivity index (χ3v) is 3.49. The lowest BCUT2D eigenvalue weighted by atomic mass is 10.3. The topological polar surface area (TPSA) is 117 Å². The lowest BCUT2D eigenvalue weighted by molar-refractivity contribution is 0.0696. The summed E-state index contributed by atoms with van der Waals surface area (Å²) in [5, 5.41) is 17.4. The molecule has 100 valence electrons. The molecule has 0 spiro atoms. The zero-order chi connectivity index (χ0) is 13.8. The Kier molecular flexibility index (Phi) is 4.76. The molecule has 1 atom stereocenters. The van der Waals surface area contributed by atoms with Gasteiger partial charge in [-0.05, 0) is 25.5 Å². The van der Waals surface area contributed by atoms with Crippen LogP contribution in [0.4, 0.5) is 0 Å². The first-order valence-electron chi connectivity index (χ1n) is 5.20. The van der Waals surface area contributed by atoms with E-state index >= 15 is 0 Å². The number of pyridine rings is 1. The van der Waals surface area contributed by atoms with Crippen molar-refractivity contribution in [1.82, 2.24) is 9.71 Å². The minimum absolute atomic E-state index is 0.0852. The van der Waals surface area contributed by atoms with Crippen molar-refractivity contribution >= 4 is 16.0 Å². The van der Waals surface area contributed by atoms with Gasteiger partial charge in [0.15, 0.2) is 5.03 Å². The number of carboxylic acids is 1. The van der Waals surface area contributed by atoms with Crippen LogP contribution in [0.2, 0.25) is 0 Å². The van der Waals surface area contributed by atoms with Crippen molar-refractivity contribution in [3.63, 3.8) is 0 Å². The van der Waals surface area contributed by atoms with E-state index < -0.39 is 22.1 Å². The fraction of sp³-hybridized carbons (Fsp3) is 0.400. The molecule has 1 heterocycles. The molecule has 0 aliphatic carbocycles. The molecule has 0 fully saturated rings. The summed E-state index contributed by atoms with van der Waals surface area (Å²) in [4.78, 5) is 14.2. The molecule has 0 saturated carbocycles. The molecule has 1 aromatic rings. The van der Waals surface area contributed by atoms with Crippen LogP contribution in [0.1, 0.15) is 23.7 Å². The number of carbonyl (C=O) groups is 1. The summed E-state index contributed by atoms with van der Waals surface area (Å²) in [6.45, 7) is 1.64. The van der Waals surface area contributed by atoms with Gasteiger partial charge in [-0.1, -0.05) is 0 Å². The standard InChI is InChI=1S/C10H14N2O5S/c1-7(13)4-5-12-18(16,17)9-3-2-8(6-11-9)10(14)15/h2-3,6-7,12-13H,4-5H2,1H3,(H,14,15). The van der Waals surface area contributed by atoms with Crippen LogP contribution in [0.5, 0.6) is 0 Å². The first kappa shape index (κ1) is 14.6. The fourth-order valence-electron chi connectivity index (χ4n) is 1.14. The molecule has 0 aliphatic rings. The molecule has 0 aliphatic heterocycles. The number of aliphatic hydroxyl groups excluding tert-OH is 1. The van der Waals surface area contributed by atoms with Gasteiger partial charge in [-0.2, -0.15) is 0 Å². The number of aromatic nitrogens is 1. The molecule has 0 saturated heterocycles. The van der Waals surface area contributed by atoms with Crippen molar-refractivity contribution in [2.45, 2.75) is 24.5 Å². The summed E-state index contributed by atoms with van der Waals surface area (Å²) < 4.78 is 25.6. The third kappa shape index (κ3) is 4.06. The fourth-order valence-corrected chi connectivity index (χ4v) is 2.12. The van der Waals surface area contributed by atoms with Crippen LogP contribution in [0.15, 0.2) is 23.4 Å². The molecule has 1 unspecified atom stereocenters. The highest BCUT2D eigenvalue weighted by molar-refractivity contribution is 7.89. The van der Waals surface area contributed by atoms with Crippen LogP contribution in [0.25, 0.3) is 0 Å². The summed E-state index contributed by atoms with van der Waals surface area (Å²) in [7, 11) is -3.76. The third-order valence-electron chi connectivity index (χ3n) is 2.11. The van der Waals surface area contributed by atoms with E-state index in [2.05, 4.69) is 9.71 Å². The second-order valence-electron chi connectivity index (χ2n) is 3.73. The average molecular weight is 274 g/mol. The summed E-state index contributed by atoms with van der Waals surface area (Å²) in [6, 6.07) is 2.28. The highest BCUT2D eigenvalue weighted by atomic mass is 32.2. The van der Waals surface area contributed by atoms with Gasteiger partial charge in [0.1, 0.15) is 0 Å². The minimum atomic E-state index is -3.76. The van der Waals surface area contributed by atoms with Crippen molar-refractivity contribution < 1.29 is 23.4 Å². The number of nitrogens with zero attached hydrogens (tertiary/aromatic N) is 1. The van der Waals surface area contributed by atoms with Crippen molar-refractivity contribution in [3.8, 4) is 0 Å². The van der Waals surface area contributed by atoms with Gasteiger partial charge in [-0.3, -0.25) is 0 Å². The van der Waals surface area contributed by atoms with E-state index in [1.165, 1.54) is 6.07 Å². The number of rotatable bonds is 6. The minimum Gasteiger partial charge on any atom is -0.478 e. The van der Waals surface area contributed by atoms with Crippen LogP contribution in [-0.2, 0) is 10.0 Å². The monoisotopic (exact) mass is 274 g/mol. The molecule has 18 heavy (non-hydrogen) atoms. The highest BCUT2D eigenvalue weighted by Crippen LogP contribution is 2.06. The van der Waals surface area contributed by atoms with E-state index in [-0.39, 0.29) is 23.6 Å². The number of carboxylic acid groups (broad SMARTS) is 1. The van der Waals surface area contributed by atoms with Crippen LogP contribution < -0.4 is 4.72 Å². The largest absolute Gasteiger partial charge is 0.478 e. The number of aromatic carboxylic acids is 1. The Hall–Kier alpha value is -1.51. The van der Waals surface area contributed by atoms with Crippen LogP contribution in [0.3, 0.4) is 0 Å². The second-order valence-corrected chi connectivity index (χ2v) is 5.44. The molecule has 8 heteroatoms. The SMILES string of the molecule is CC(O)CCNS(=O)(=O)c1ccc(C(=O)O)cn1.